The Balaban J connectivity index is 0.975. The molecule has 0 aromatic heterocycles. The Kier molecular flexibility index (Phi) is 24.1. The predicted octanol–water partition coefficient (Wildman–Crippen LogP) is -17.4. The molecule has 0 radical (unpaired) electrons. The third kappa shape index (κ3) is 13.8. The molecule has 0 amide bonds. The zero-order chi connectivity index (χ0) is 64.1. The summed E-state index contributed by atoms with van der Waals surface area (Å²) in [4.78, 5) is 0. The molecule has 40 heteroatoms. The lowest BCUT2D eigenvalue weighted by Gasteiger charge is -2.50. The van der Waals surface area contributed by atoms with Gasteiger partial charge in [0.05, 0.1) is 52.9 Å². The summed E-state index contributed by atoms with van der Waals surface area (Å²) in [6.07, 6.45) is -82.0. The van der Waals surface area contributed by atoms with Crippen LogP contribution in [0.5, 0.6) is 0 Å². The maximum absolute atomic E-state index is 11.4. The van der Waals surface area contributed by atoms with E-state index >= 15 is 0 Å². The highest BCUT2D eigenvalue weighted by molar-refractivity contribution is 5.02. The van der Waals surface area contributed by atoms with Crippen molar-refractivity contribution in [1.29, 1.82) is 0 Å². The van der Waals surface area contributed by atoms with Gasteiger partial charge in [-0.3, -0.25) is 0 Å². The van der Waals surface area contributed by atoms with Crippen molar-refractivity contribution in [2.24, 2.45) is 0 Å². The molecule has 30 aliphatic rings. The molecule has 30 aliphatic heterocycles. The molecule has 40 atom stereocenters. The van der Waals surface area contributed by atoms with Crippen molar-refractivity contribution in [2.45, 2.75) is 246 Å². The molecule has 30 fully saturated rings. The van der Waals surface area contributed by atoms with E-state index in [4.69, 9.17) is 75.8 Å². The van der Waals surface area contributed by atoms with Crippen molar-refractivity contribution >= 4 is 0 Å². The van der Waals surface area contributed by atoms with E-state index in [0.29, 0.717) is 0 Å². The van der Waals surface area contributed by atoms with Crippen LogP contribution in [0.2, 0.25) is 0 Å². The number of hydrogen-bond donors (Lipinski definition) is 24. The van der Waals surface area contributed by atoms with Crippen LogP contribution in [0.4, 0.5) is 0 Å². The van der Waals surface area contributed by atoms with Gasteiger partial charge in [0.15, 0.2) is 50.3 Å². The molecule has 16 bridgehead atoms. The summed E-state index contributed by atoms with van der Waals surface area (Å²) < 4.78 is 91.1. The fourth-order valence-corrected chi connectivity index (χ4v) is 11.9. The van der Waals surface area contributed by atoms with E-state index in [-0.39, 0.29) is 0 Å². The van der Waals surface area contributed by atoms with E-state index < -0.39 is 299 Å². The highest BCUT2D eigenvalue weighted by Crippen LogP contribution is 2.40. The van der Waals surface area contributed by atoms with Crippen molar-refractivity contribution in [3.8, 4) is 0 Å². The zero-order valence-electron chi connectivity index (χ0n) is 46.0. The summed E-state index contributed by atoms with van der Waals surface area (Å²) in [6.45, 7) is -8.64. The van der Waals surface area contributed by atoms with Crippen molar-refractivity contribution in [3.05, 3.63) is 0 Å². The Morgan fingerprint density at radius 2 is 0.227 bits per heavy atom. The van der Waals surface area contributed by atoms with Gasteiger partial charge >= 0.3 is 0 Å². The van der Waals surface area contributed by atoms with E-state index in [2.05, 4.69) is 0 Å². The molecule has 0 aromatic carbocycles. The minimum atomic E-state index is -2.25. The third-order valence-corrected chi connectivity index (χ3v) is 16.9. The molecule has 0 saturated carbocycles. The van der Waals surface area contributed by atoms with Crippen LogP contribution in [-0.2, 0) is 75.8 Å². The van der Waals surface area contributed by atoms with Gasteiger partial charge in [-0.25, -0.2) is 0 Å². The molecule has 0 aromatic rings. The second-order valence-corrected chi connectivity index (χ2v) is 22.5. The number of rotatable bonds is 8. The lowest BCUT2D eigenvalue weighted by Crippen LogP contribution is -2.69. The third-order valence-electron chi connectivity index (χ3n) is 16.9. The molecule has 30 rings (SSSR count). The second kappa shape index (κ2) is 30.0. The van der Waals surface area contributed by atoms with Crippen LogP contribution in [0.25, 0.3) is 0 Å². The Hall–Kier alpha value is -1.60. The van der Waals surface area contributed by atoms with Crippen LogP contribution < -0.4 is 0 Å². The van der Waals surface area contributed by atoms with Gasteiger partial charge in [-0.15, -0.1) is 0 Å². The summed E-state index contributed by atoms with van der Waals surface area (Å²) in [5.41, 5.74) is 0. The van der Waals surface area contributed by atoms with Gasteiger partial charge in [0, 0.05) is 0 Å². The van der Waals surface area contributed by atoms with Crippen LogP contribution in [-0.4, -0.2) is 421 Å². The first kappa shape index (κ1) is 70.7. The molecule has 30 saturated heterocycles. The van der Waals surface area contributed by atoms with Gasteiger partial charge in [-0.05, 0) is 0 Å². The molecular weight excluding hydrogens is 1220 g/mol. The summed E-state index contributed by atoms with van der Waals surface area (Å²) in [6, 6.07) is 0. The SMILES string of the molecule is OC[C@H]1OC2OC3[C@@H](CO)OC(OC4[C@@H](CO)OC(OC5[C@@H](CO)OC(OC6[C@@H](CO)OC(OC7[C@@H](CO)OC(OC8[C@@H](CO)OC(OC9[C@@H](CO)OC(OC1[C@H](O)[C@H]2O)[C@H](O)[C@H]9O)[C@H](O)[C@H]8O)[C@H](O)[C@H]7O)[C@H](O)[C@H]6O)[C@H](O)[C@H]5O)[C@H](O)[C@H]4O)[C@H](O)[C@H]3O. The number of hydrogen-bond acceptors (Lipinski definition) is 40. The van der Waals surface area contributed by atoms with Crippen molar-refractivity contribution in [1.82, 2.24) is 0 Å². The molecule has 40 nitrogen and oxygen atoms in total. The first-order valence-electron chi connectivity index (χ1n) is 28.1. The minimum Gasteiger partial charge on any atom is -0.394 e. The topological polar surface area (TPSA) is 633 Å². The van der Waals surface area contributed by atoms with Gasteiger partial charge in [-0.2, -0.15) is 0 Å². The van der Waals surface area contributed by atoms with Crippen LogP contribution in [0.3, 0.4) is 0 Å². The van der Waals surface area contributed by atoms with E-state index in [0.717, 1.165) is 0 Å². The highest BCUT2D eigenvalue weighted by Gasteiger charge is 2.60. The maximum Gasteiger partial charge on any atom is 0.187 e. The van der Waals surface area contributed by atoms with Crippen molar-refractivity contribution in [3.63, 3.8) is 0 Å². The maximum atomic E-state index is 11.4. The van der Waals surface area contributed by atoms with E-state index in [1.54, 1.807) is 0 Å². The van der Waals surface area contributed by atoms with Crippen LogP contribution in [0, 0.1) is 0 Å². The van der Waals surface area contributed by atoms with Gasteiger partial charge in [-0.1, -0.05) is 0 Å². The molecule has 30 heterocycles. The summed E-state index contributed by atoms with van der Waals surface area (Å²) in [5.74, 6) is 0. The fourth-order valence-electron chi connectivity index (χ4n) is 11.9. The summed E-state index contributed by atoms with van der Waals surface area (Å²) in [7, 11) is 0. The second-order valence-electron chi connectivity index (χ2n) is 22.5. The van der Waals surface area contributed by atoms with Crippen LogP contribution >= 0.6 is 0 Å². The minimum absolute atomic E-state index is 1.08. The van der Waals surface area contributed by atoms with Crippen molar-refractivity contribution in [2.75, 3.05) is 52.9 Å². The molecule has 512 valence electrons. The fraction of sp³-hybridized carbons (Fsp3) is 1.00. The Labute approximate surface area is 496 Å². The Bertz CT molecular complexity index is 1700. The van der Waals surface area contributed by atoms with Gasteiger partial charge in [0.25, 0.3) is 0 Å². The lowest BCUT2D eigenvalue weighted by atomic mass is 9.94. The smallest absolute Gasteiger partial charge is 0.187 e. The quantitative estimate of drug-likeness (QED) is 0.107. The monoisotopic (exact) mass is 1300 g/mol. The molecule has 88 heavy (non-hydrogen) atoms. The van der Waals surface area contributed by atoms with Gasteiger partial charge < -0.3 is 198 Å². The lowest BCUT2D eigenvalue weighted by molar-refractivity contribution is -0.404. The molecular formula is C48H80O40. The molecule has 16 unspecified atom stereocenters. The zero-order valence-corrected chi connectivity index (χ0v) is 46.0. The number of aliphatic hydroxyl groups excluding tert-OH is 24. The average Bonchev–Trinajstić information content (AvgIpc) is 0.985. The van der Waals surface area contributed by atoms with Crippen molar-refractivity contribution < 1.29 is 198 Å². The number of ether oxygens (including phenoxy) is 16. The molecule has 0 spiro atoms. The Morgan fingerprint density at radius 1 is 0.136 bits per heavy atom. The normalized spacial score (nSPS) is 55.4. The molecule has 24 N–H and O–H groups in total. The predicted molar refractivity (Wildman–Crippen MR) is 261 cm³/mol. The Morgan fingerprint density at radius 3 is 0.307 bits per heavy atom. The first-order valence-corrected chi connectivity index (χ1v) is 28.1. The standard InChI is InChI=1S/C48H80O40/c49-1-9-33-17(57)25(65)41(73-9)82-34-10(2-50)75-43(27(67)19(34)59)84-36-12(4-52)77-45(29(69)21(36)61)86-38-14(6-54)79-47(31(71)23(38)63)88-40-16(8-56)80-48(32(72)24(40)64)87-39-15(7-55)78-46(30(70)22(39)62)85-37-13(5-53)76-44(28(68)20(37)60)83-35-11(3-51)74-42(81-33)26(66)18(35)58/h9-72H,1-8H2/t9-,10-,11-,12-,13-,14-,15-,16-,17-,18-,19-,20-,21-,22-,23-,24-,25-,26-,27-,28-,29-,30-,31-,32-,33?,34?,35?,36?,37?,38?,39?,40?,41?,42?,43?,44?,45?,46?,47?,48?/m1/s1. The first-order chi connectivity index (χ1) is 41.9. The summed E-state index contributed by atoms with van der Waals surface area (Å²) >= 11 is 0. The molecule has 0 aliphatic carbocycles. The van der Waals surface area contributed by atoms with Gasteiger partial charge in [0.2, 0.25) is 0 Å². The van der Waals surface area contributed by atoms with E-state index in [1.807, 2.05) is 0 Å². The van der Waals surface area contributed by atoms with Crippen LogP contribution in [0.15, 0.2) is 0 Å². The van der Waals surface area contributed by atoms with E-state index in [9.17, 15) is 123 Å². The summed E-state index contributed by atoms with van der Waals surface area (Å²) in [5, 5.41) is 265. The van der Waals surface area contributed by atoms with E-state index in [1.165, 1.54) is 0 Å². The van der Waals surface area contributed by atoms with Crippen LogP contribution in [0.1, 0.15) is 0 Å². The highest BCUT2D eigenvalue weighted by atomic mass is 16.8. The number of aliphatic hydroxyl groups is 24. The largest absolute Gasteiger partial charge is 0.394 e. The average molecular weight is 1300 g/mol. The van der Waals surface area contributed by atoms with Gasteiger partial charge in [0.1, 0.15) is 195 Å².